The van der Waals surface area contributed by atoms with Gasteiger partial charge >= 0.3 is 0 Å². The number of unbranched alkanes of at least 4 members (excludes halogenated alkanes) is 2. The number of nitrogen functional groups attached to an aromatic ring is 1. The molecule has 1 aliphatic heterocycles. The zero-order valence-electron chi connectivity index (χ0n) is 16.8. The summed E-state index contributed by atoms with van der Waals surface area (Å²) in [6, 6.07) is 9.50. The molecule has 0 unspecified atom stereocenters. The number of nitrogens with two attached hydrogens (primary N) is 1. The topological polar surface area (TPSA) is 62.5 Å². The molecule has 0 aliphatic carbocycles. The van der Waals surface area contributed by atoms with Crippen LogP contribution in [0.5, 0.6) is 0 Å². The van der Waals surface area contributed by atoms with E-state index in [4.69, 9.17) is 28.9 Å². The van der Waals surface area contributed by atoms with Crippen molar-refractivity contribution in [3.63, 3.8) is 0 Å². The summed E-state index contributed by atoms with van der Waals surface area (Å²) in [6.07, 6.45) is 4.28. The molecule has 0 radical (unpaired) electrons. The van der Waals surface area contributed by atoms with Gasteiger partial charge in [0.15, 0.2) is 5.78 Å². The number of aryl methyl sites for hydroxylation is 1. The van der Waals surface area contributed by atoms with E-state index in [1.54, 1.807) is 6.07 Å². The number of Topliss-reactive ketones (excluding diaryl/α,β-unsaturated/α-hetero) is 1. The highest BCUT2D eigenvalue weighted by molar-refractivity contribution is 6.43. The van der Waals surface area contributed by atoms with Crippen LogP contribution in [0, 0.1) is 0 Å². The van der Waals surface area contributed by atoms with Crippen molar-refractivity contribution in [1.82, 2.24) is 9.88 Å². The number of piperazine rings is 1. The number of hydrogen-bond donors (Lipinski definition) is 1. The van der Waals surface area contributed by atoms with Crippen molar-refractivity contribution in [3.8, 4) is 0 Å². The van der Waals surface area contributed by atoms with Gasteiger partial charge in [0.1, 0.15) is 5.82 Å². The van der Waals surface area contributed by atoms with E-state index >= 15 is 0 Å². The molecule has 2 heterocycles. The van der Waals surface area contributed by atoms with Gasteiger partial charge in [0.25, 0.3) is 0 Å². The van der Waals surface area contributed by atoms with Crippen LogP contribution < -0.4 is 10.6 Å². The third-order valence-electron chi connectivity index (χ3n) is 5.41. The molecule has 0 atom stereocenters. The van der Waals surface area contributed by atoms with Gasteiger partial charge < -0.3 is 10.6 Å². The van der Waals surface area contributed by atoms with Gasteiger partial charge in [0.05, 0.1) is 21.3 Å². The van der Waals surface area contributed by atoms with Crippen molar-refractivity contribution in [1.29, 1.82) is 0 Å². The number of benzene rings is 1. The van der Waals surface area contributed by atoms with Crippen LogP contribution in [0.4, 0.5) is 11.5 Å². The Bertz CT molecular complexity index is 851. The second-order valence-electron chi connectivity index (χ2n) is 7.50. The summed E-state index contributed by atoms with van der Waals surface area (Å²) in [7, 11) is 0. The van der Waals surface area contributed by atoms with Crippen molar-refractivity contribution in [2.75, 3.05) is 43.4 Å². The summed E-state index contributed by atoms with van der Waals surface area (Å²) in [4.78, 5) is 20.6. The maximum atomic E-state index is 11.4. The molecule has 0 amide bonds. The first-order valence-corrected chi connectivity index (χ1v) is 10.9. The number of anilines is 2. The molecule has 1 saturated heterocycles. The van der Waals surface area contributed by atoms with E-state index in [-0.39, 0.29) is 5.78 Å². The molecule has 2 N–H and O–H groups in total. The Hall–Kier alpha value is -1.82. The molecular formula is C22H28Cl2N4O. The SMILES string of the molecule is CC(=O)c1ccc(CCCCCN2CCN(c3cccc(Cl)c3Cl)CC2)nc1N. The van der Waals surface area contributed by atoms with E-state index < -0.39 is 0 Å². The summed E-state index contributed by atoms with van der Waals surface area (Å²) >= 11 is 12.5. The minimum atomic E-state index is -0.0423. The summed E-state index contributed by atoms with van der Waals surface area (Å²) in [6.45, 7) is 6.62. The monoisotopic (exact) mass is 434 g/mol. The maximum Gasteiger partial charge on any atom is 0.163 e. The van der Waals surface area contributed by atoms with Gasteiger partial charge in [0.2, 0.25) is 0 Å². The van der Waals surface area contributed by atoms with E-state index in [2.05, 4.69) is 14.8 Å². The molecule has 1 aromatic heterocycles. The predicted octanol–water partition coefficient (Wildman–Crippen LogP) is 4.71. The maximum absolute atomic E-state index is 11.4. The number of hydrogen-bond acceptors (Lipinski definition) is 5. The number of nitrogens with zero attached hydrogens (tertiary/aromatic N) is 3. The summed E-state index contributed by atoms with van der Waals surface area (Å²) in [5.41, 5.74) is 8.36. The zero-order valence-corrected chi connectivity index (χ0v) is 18.3. The van der Waals surface area contributed by atoms with E-state index in [1.807, 2.05) is 24.3 Å². The third-order valence-corrected chi connectivity index (χ3v) is 6.22. The largest absolute Gasteiger partial charge is 0.383 e. The Morgan fingerprint density at radius 3 is 2.52 bits per heavy atom. The minimum Gasteiger partial charge on any atom is -0.383 e. The minimum absolute atomic E-state index is 0.0423. The first-order valence-electron chi connectivity index (χ1n) is 10.1. The van der Waals surface area contributed by atoms with E-state index in [0.29, 0.717) is 21.4 Å². The number of rotatable bonds is 8. The van der Waals surface area contributed by atoms with Gasteiger partial charge in [-0.05, 0) is 57.0 Å². The molecule has 1 aliphatic rings. The van der Waals surface area contributed by atoms with Crippen LogP contribution in [-0.4, -0.2) is 48.4 Å². The average Bonchev–Trinajstić information content (AvgIpc) is 2.70. The van der Waals surface area contributed by atoms with Gasteiger partial charge in [0, 0.05) is 31.9 Å². The Labute approximate surface area is 182 Å². The highest BCUT2D eigenvalue weighted by atomic mass is 35.5. The van der Waals surface area contributed by atoms with Gasteiger partial charge in [-0.2, -0.15) is 0 Å². The van der Waals surface area contributed by atoms with Crippen LogP contribution in [0.15, 0.2) is 30.3 Å². The van der Waals surface area contributed by atoms with Crippen LogP contribution in [0.1, 0.15) is 42.2 Å². The lowest BCUT2D eigenvalue weighted by Crippen LogP contribution is -2.46. The van der Waals surface area contributed by atoms with Crippen LogP contribution in [0.2, 0.25) is 10.0 Å². The smallest absolute Gasteiger partial charge is 0.163 e. The highest BCUT2D eigenvalue weighted by Gasteiger charge is 2.19. The lowest BCUT2D eigenvalue weighted by atomic mass is 10.1. The molecular weight excluding hydrogens is 407 g/mol. The molecule has 2 aromatic rings. The number of carbonyl (C=O) groups is 1. The van der Waals surface area contributed by atoms with Crippen molar-refractivity contribution < 1.29 is 4.79 Å². The normalized spacial score (nSPS) is 14.9. The Balaban J connectivity index is 1.35. The van der Waals surface area contributed by atoms with Gasteiger partial charge in [-0.15, -0.1) is 0 Å². The van der Waals surface area contributed by atoms with Crippen molar-refractivity contribution in [3.05, 3.63) is 51.6 Å². The molecule has 1 aromatic carbocycles. The molecule has 0 bridgehead atoms. The van der Waals surface area contributed by atoms with E-state index in [0.717, 1.165) is 63.4 Å². The lowest BCUT2D eigenvalue weighted by molar-refractivity contribution is 0.101. The third kappa shape index (κ3) is 5.84. The summed E-state index contributed by atoms with van der Waals surface area (Å²) in [5, 5.41) is 1.26. The van der Waals surface area contributed by atoms with Gasteiger partial charge in [-0.25, -0.2) is 4.98 Å². The Morgan fingerprint density at radius 1 is 1.07 bits per heavy atom. The van der Waals surface area contributed by atoms with E-state index in [1.165, 1.54) is 13.3 Å². The first kappa shape index (κ1) is 21.9. The number of halogens is 2. The standard InChI is InChI=1S/C22H28Cl2N4O/c1-16(29)18-10-9-17(26-22(18)25)6-3-2-4-11-27-12-14-28(15-13-27)20-8-5-7-19(23)21(20)24/h5,7-10H,2-4,6,11-15H2,1H3,(H2,25,26). The molecule has 156 valence electrons. The van der Waals surface area contributed by atoms with Crippen LogP contribution in [-0.2, 0) is 6.42 Å². The summed E-state index contributed by atoms with van der Waals surface area (Å²) < 4.78 is 0. The molecule has 0 saturated carbocycles. The number of pyridine rings is 1. The molecule has 7 heteroatoms. The fraction of sp³-hybridized carbons (Fsp3) is 0.455. The predicted molar refractivity (Wildman–Crippen MR) is 121 cm³/mol. The van der Waals surface area contributed by atoms with Crippen molar-refractivity contribution in [2.45, 2.75) is 32.6 Å². The Morgan fingerprint density at radius 2 is 1.83 bits per heavy atom. The number of aromatic nitrogens is 1. The first-order chi connectivity index (χ1) is 14.0. The van der Waals surface area contributed by atoms with Crippen LogP contribution in [0.3, 0.4) is 0 Å². The molecule has 5 nitrogen and oxygen atoms in total. The zero-order chi connectivity index (χ0) is 20.8. The molecule has 29 heavy (non-hydrogen) atoms. The van der Waals surface area contributed by atoms with Crippen LogP contribution in [0.25, 0.3) is 0 Å². The Kier molecular flexibility index (Phi) is 7.76. The fourth-order valence-electron chi connectivity index (χ4n) is 3.72. The molecule has 3 rings (SSSR count). The average molecular weight is 435 g/mol. The summed E-state index contributed by atoms with van der Waals surface area (Å²) in [5.74, 6) is 0.298. The van der Waals surface area contributed by atoms with Gasteiger partial charge in [-0.1, -0.05) is 35.7 Å². The van der Waals surface area contributed by atoms with E-state index in [9.17, 15) is 4.79 Å². The lowest BCUT2D eigenvalue weighted by Gasteiger charge is -2.36. The fourth-order valence-corrected chi connectivity index (χ4v) is 4.14. The number of carbonyl (C=O) groups excluding carboxylic acids is 1. The second-order valence-corrected chi connectivity index (χ2v) is 8.29. The van der Waals surface area contributed by atoms with Crippen LogP contribution >= 0.6 is 23.2 Å². The van der Waals surface area contributed by atoms with Crippen molar-refractivity contribution >= 4 is 40.5 Å². The molecule has 1 fully saturated rings. The second kappa shape index (κ2) is 10.3. The van der Waals surface area contributed by atoms with Gasteiger partial charge in [-0.3, -0.25) is 9.69 Å². The quantitative estimate of drug-likeness (QED) is 0.481. The highest BCUT2D eigenvalue weighted by Crippen LogP contribution is 2.32. The van der Waals surface area contributed by atoms with Crippen molar-refractivity contribution in [2.24, 2.45) is 0 Å². The number of ketones is 1. The molecule has 0 spiro atoms.